The van der Waals surface area contributed by atoms with Crippen molar-refractivity contribution in [2.75, 3.05) is 0 Å². The van der Waals surface area contributed by atoms with E-state index in [0.29, 0.717) is 0 Å². The molecule has 1 heterocycles. The van der Waals surface area contributed by atoms with E-state index in [-0.39, 0.29) is 0 Å². The normalized spacial score (nSPS) is 17.7. The monoisotopic (exact) mass is 306 g/mol. The van der Waals surface area contributed by atoms with Gasteiger partial charge in [-0.3, -0.25) is 0 Å². The van der Waals surface area contributed by atoms with E-state index < -0.39 is 5.79 Å². The first-order valence-electron chi connectivity index (χ1n) is 8.73. The molecule has 0 fully saturated rings. The Labute approximate surface area is 137 Å². The van der Waals surface area contributed by atoms with Crippen LogP contribution in [0.25, 0.3) is 0 Å². The smallest absolute Gasteiger partial charge is 0.247 e. The first kappa shape index (κ1) is 18.9. The fourth-order valence-corrected chi connectivity index (χ4v) is 2.61. The molecule has 2 heteroatoms. The van der Waals surface area contributed by atoms with Crippen molar-refractivity contribution < 1.29 is 9.47 Å². The Morgan fingerprint density at radius 1 is 1.00 bits per heavy atom. The van der Waals surface area contributed by atoms with Gasteiger partial charge >= 0.3 is 0 Å². The summed E-state index contributed by atoms with van der Waals surface area (Å²) in [4.78, 5) is 0. The lowest BCUT2D eigenvalue weighted by Crippen LogP contribution is -2.24. The summed E-state index contributed by atoms with van der Waals surface area (Å²) in [6.45, 7) is 11.1. The molecule has 0 spiro atoms. The highest BCUT2D eigenvalue weighted by molar-refractivity contribution is 5.04. The zero-order valence-corrected chi connectivity index (χ0v) is 15.2. The molecule has 0 radical (unpaired) electrons. The summed E-state index contributed by atoms with van der Waals surface area (Å²) in [7, 11) is 0. The standard InChI is InChI=1S/C20H34O2/c1-17(2)9-6-10-18(3)11-7-12-19(4)13-8-14-20(5)21-15-16-22-20/h11,13,15-17H,6-10,12,14H2,1-5H3/b18-11+,19-13+. The maximum atomic E-state index is 5.45. The Hall–Kier alpha value is -1.18. The van der Waals surface area contributed by atoms with Crippen LogP contribution in [0.3, 0.4) is 0 Å². The highest BCUT2D eigenvalue weighted by atomic mass is 16.7. The van der Waals surface area contributed by atoms with Gasteiger partial charge in [0.15, 0.2) is 0 Å². The van der Waals surface area contributed by atoms with E-state index >= 15 is 0 Å². The third-order valence-electron chi connectivity index (χ3n) is 4.17. The SMILES string of the molecule is C/C(=C\CCC1(C)OC=CO1)CC/C=C(\C)CCCC(C)C. The van der Waals surface area contributed by atoms with Gasteiger partial charge in [0, 0.05) is 13.3 Å². The molecule has 2 nitrogen and oxygen atoms in total. The van der Waals surface area contributed by atoms with Gasteiger partial charge in [-0.05, 0) is 51.9 Å². The molecular formula is C20H34O2. The Balaban J connectivity index is 2.16. The molecule has 0 saturated carbocycles. The van der Waals surface area contributed by atoms with Gasteiger partial charge in [-0.15, -0.1) is 0 Å². The summed E-state index contributed by atoms with van der Waals surface area (Å²) < 4.78 is 10.9. The maximum absolute atomic E-state index is 5.45. The summed E-state index contributed by atoms with van der Waals surface area (Å²) in [6, 6.07) is 0. The molecule has 0 aliphatic carbocycles. The predicted octanol–water partition coefficient (Wildman–Crippen LogP) is 6.50. The minimum atomic E-state index is -0.455. The van der Waals surface area contributed by atoms with Gasteiger partial charge in [0.05, 0.1) is 0 Å². The van der Waals surface area contributed by atoms with Crippen molar-refractivity contribution in [1.29, 1.82) is 0 Å². The summed E-state index contributed by atoms with van der Waals surface area (Å²) in [6.07, 6.45) is 16.1. The number of allylic oxidation sites excluding steroid dienone is 4. The summed E-state index contributed by atoms with van der Waals surface area (Å²) in [5.41, 5.74) is 3.00. The molecule has 22 heavy (non-hydrogen) atoms. The third-order valence-corrected chi connectivity index (χ3v) is 4.17. The molecule has 0 aromatic heterocycles. The second-order valence-electron chi connectivity index (χ2n) is 7.11. The lowest BCUT2D eigenvalue weighted by molar-refractivity contribution is -0.129. The summed E-state index contributed by atoms with van der Waals surface area (Å²) in [5.74, 6) is 0.367. The Morgan fingerprint density at radius 2 is 1.59 bits per heavy atom. The van der Waals surface area contributed by atoms with Gasteiger partial charge in [0.1, 0.15) is 12.5 Å². The van der Waals surface area contributed by atoms with Crippen LogP contribution in [0.5, 0.6) is 0 Å². The Bertz CT molecular complexity index is 394. The van der Waals surface area contributed by atoms with E-state index in [4.69, 9.17) is 9.47 Å². The van der Waals surface area contributed by atoms with Crippen molar-refractivity contribution >= 4 is 0 Å². The van der Waals surface area contributed by atoms with E-state index in [1.54, 1.807) is 18.1 Å². The number of rotatable bonds is 10. The molecule has 0 saturated heterocycles. The van der Waals surface area contributed by atoms with E-state index in [1.165, 1.54) is 24.8 Å². The third kappa shape index (κ3) is 8.31. The van der Waals surface area contributed by atoms with Crippen molar-refractivity contribution in [2.45, 2.75) is 85.4 Å². The minimum Gasteiger partial charge on any atom is -0.457 e. The maximum Gasteiger partial charge on any atom is 0.247 e. The van der Waals surface area contributed by atoms with Gasteiger partial charge in [-0.2, -0.15) is 0 Å². The molecular weight excluding hydrogens is 272 g/mol. The second-order valence-corrected chi connectivity index (χ2v) is 7.11. The Morgan fingerprint density at radius 3 is 2.23 bits per heavy atom. The molecule has 1 rings (SSSR count). The first-order chi connectivity index (χ1) is 10.4. The van der Waals surface area contributed by atoms with Crippen LogP contribution < -0.4 is 0 Å². The lowest BCUT2D eigenvalue weighted by atomic mass is 10.0. The molecule has 1 aliphatic rings. The largest absolute Gasteiger partial charge is 0.457 e. The summed E-state index contributed by atoms with van der Waals surface area (Å²) >= 11 is 0. The van der Waals surface area contributed by atoms with E-state index in [1.807, 2.05) is 6.92 Å². The van der Waals surface area contributed by atoms with Crippen LogP contribution in [0.2, 0.25) is 0 Å². The molecule has 0 amide bonds. The van der Waals surface area contributed by atoms with Gasteiger partial charge in [0.2, 0.25) is 5.79 Å². The zero-order valence-electron chi connectivity index (χ0n) is 15.2. The van der Waals surface area contributed by atoms with Gasteiger partial charge in [-0.1, -0.05) is 43.6 Å². The number of hydrogen-bond acceptors (Lipinski definition) is 2. The summed E-state index contributed by atoms with van der Waals surface area (Å²) in [5, 5.41) is 0. The quantitative estimate of drug-likeness (QED) is 0.429. The molecule has 1 aliphatic heterocycles. The van der Waals surface area contributed by atoms with Gasteiger partial charge < -0.3 is 9.47 Å². The molecule has 126 valence electrons. The minimum absolute atomic E-state index is 0.455. The predicted molar refractivity (Wildman–Crippen MR) is 94.4 cm³/mol. The van der Waals surface area contributed by atoms with E-state index in [9.17, 15) is 0 Å². The lowest BCUT2D eigenvalue weighted by Gasteiger charge is -2.22. The fourth-order valence-electron chi connectivity index (χ4n) is 2.61. The van der Waals surface area contributed by atoms with E-state index in [0.717, 1.165) is 31.6 Å². The molecule has 0 aromatic carbocycles. The highest BCUT2D eigenvalue weighted by Crippen LogP contribution is 2.25. The van der Waals surface area contributed by atoms with Gasteiger partial charge in [-0.25, -0.2) is 0 Å². The molecule has 0 unspecified atom stereocenters. The van der Waals surface area contributed by atoms with Gasteiger partial charge in [0.25, 0.3) is 0 Å². The van der Waals surface area contributed by atoms with Crippen LogP contribution in [0.1, 0.15) is 79.6 Å². The average Bonchev–Trinajstić information content (AvgIpc) is 2.85. The average molecular weight is 306 g/mol. The van der Waals surface area contributed by atoms with Crippen molar-refractivity contribution in [3.05, 3.63) is 35.8 Å². The Kier molecular flexibility index (Phi) is 8.37. The zero-order chi connectivity index (χ0) is 16.4. The van der Waals surface area contributed by atoms with Crippen LogP contribution >= 0.6 is 0 Å². The van der Waals surface area contributed by atoms with Crippen molar-refractivity contribution in [1.82, 2.24) is 0 Å². The van der Waals surface area contributed by atoms with Crippen LogP contribution in [0, 0.1) is 5.92 Å². The van der Waals surface area contributed by atoms with Crippen LogP contribution in [-0.4, -0.2) is 5.79 Å². The topological polar surface area (TPSA) is 18.5 Å². The van der Waals surface area contributed by atoms with Crippen LogP contribution in [-0.2, 0) is 9.47 Å². The molecule has 0 aromatic rings. The molecule has 0 bridgehead atoms. The number of hydrogen-bond donors (Lipinski definition) is 0. The van der Waals surface area contributed by atoms with Crippen molar-refractivity contribution in [3.63, 3.8) is 0 Å². The first-order valence-corrected chi connectivity index (χ1v) is 8.73. The van der Waals surface area contributed by atoms with Crippen molar-refractivity contribution in [3.8, 4) is 0 Å². The number of ether oxygens (including phenoxy) is 2. The molecule has 0 N–H and O–H groups in total. The highest BCUT2D eigenvalue weighted by Gasteiger charge is 2.27. The van der Waals surface area contributed by atoms with Crippen molar-refractivity contribution in [2.24, 2.45) is 5.92 Å². The fraction of sp³-hybridized carbons (Fsp3) is 0.700. The van der Waals surface area contributed by atoms with Crippen LogP contribution in [0.4, 0.5) is 0 Å². The van der Waals surface area contributed by atoms with Crippen LogP contribution in [0.15, 0.2) is 35.8 Å². The van der Waals surface area contributed by atoms with E-state index in [2.05, 4.69) is 39.8 Å². The molecule has 0 atom stereocenters. The second kappa shape index (κ2) is 9.76.